The van der Waals surface area contributed by atoms with Gasteiger partial charge in [0.1, 0.15) is 0 Å². The van der Waals surface area contributed by atoms with Gasteiger partial charge in [0.15, 0.2) is 0 Å². The topological polar surface area (TPSA) is 60.9 Å². The van der Waals surface area contributed by atoms with Gasteiger partial charge in [0.05, 0.1) is 23.3 Å². The molecule has 0 saturated heterocycles. The third kappa shape index (κ3) is 3.11. The Morgan fingerprint density at radius 1 is 1.00 bits per heavy atom. The summed E-state index contributed by atoms with van der Waals surface area (Å²) in [6, 6.07) is 26.6. The highest BCUT2D eigenvalue weighted by Gasteiger charge is 2.17. The molecule has 3 aromatic carbocycles. The average molecular weight is 411 g/mol. The molecule has 30 heavy (non-hydrogen) atoms. The fourth-order valence-electron chi connectivity index (χ4n) is 3.89. The molecule has 5 aromatic rings. The van der Waals surface area contributed by atoms with Gasteiger partial charge < -0.3 is 10.3 Å². The van der Waals surface area contributed by atoms with Crippen molar-refractivity contribution < 1.29 is 4.79 Å². The lowest BCUT2D eigenvalue weighted by Gasteiger charge is -2.08. The minimum absolute atomic E-state index is 0.451. The summed E-state index contributed by atoms with van der Waals surface area (Å²) in [6.07, 6.45) is 1.78. The van der Waals surface area contributed by atoms with Gasteiger partial charge in [-0.3, -0.25) is 9.78 Å². The Kier molecular flexibility index (Phi) is 4.49. The fourth-order valence-corrected chi connectivity index (χ4v) is 4.02. The number of carbonyl (C=O) groups is 1. The Labute approximate surface area is 178 Å². The Bertz CT molecular complexity index is 1390. The molecule has 2 heterocycles. The van der Waals surface area contributed by atoms with E-state index in [4.69, 9.17) is 17.3 Å². The lowest BCUT2D eigenvalue weighted by Crippen LogP contribution is -2.11. The van der Waals surface area contributed by atoms with Crippen molar-refractivity contribution >= 4 is 39.3 Å². The molecule has 1 radical (unpaired) electrons. The number of nitrogens with zero attached hydrogens (tertiary/aromatic N) is 2. The second-order valence-corrected chi connectivity index (χ2v) is 7.56. The monoisotopic (exact) mass is 410 g/mol. The summed E-state index contributed by atoms with van der Waals surface area (Å²) in [5, 5.41) is 2.38. The first kappa shape index (κ1) is 18.4. The molecule has 2 N–H and O–H groups in total. The maximum absolute atomic E-state index is 12.1. The molecule has 0 atom stereocenters. The summed E-state index contributed by atoms with van der Waals surface area (Å²) >= 11 is 6.05. The summed E-state index contributed by atoms with van der Waals surface area (Å²) in [6.45, 7) is 0.570. The molecule has 2 aromatic heterocycles. The predicted octanol–water partition coefficient (Wildman–Crippen LogP) is 5.46. The van der Waals surface area contributed by atoms with E-state index in [-0.39, 0.29) is 0 Å². The van der Waals surface area contributed by atoms with E-state index in [1.165, 1.54) is 0 Å². The van der Waals surface area contributed by atoms with E-state index in [1.807, 2.05) is 60.7 Å². The first-order valence-electron chi connectivity index (χ1n) is 9.54. The first-order valence-corrected chi connectivity index (χ1v) is 9.92. The van der Waals surface area contributed by atoms with Gasteiger partial charge in [-0.2, -0.15) is 0 Å². The summed E-state index contributed by atoms with van der Waals surface area (Å²) in [4.78, 5) is 16.6. The van der Waals surface area contributed by atoms with Crippen LogP contribution < -0.4 is 5.73 Å². The van der Waals surface area contributed by atoms with Gasteiger partial charge in [0.2, 0.25) is 5.91 Å². The van der Waals surface area contributed by atoms with E-state index in [9.17, 15) is 4.79 Å². The van der Waals surface area contributed by atoms with Crippen LogP contribution in [0.4, 0.5) is 0 Å². The molecule has 0 saturated carbocycles. The van der Waals surface area contributed by atoms with Crippen molar-refractivity contribution in [1.29, 1.82) is 0 Å². The molecule has 0 aliphatic heterocycles. The molecular weight excluding hydrogens is 394 g/mol. The Morgan fingerprint density at radius 3 is 2.57 bits per heavy atom. The molecule has 0 bridgehead atoms. The zero-order chi connectivity index (χ0) is 20.7. The highest BCUT2D eigenvalue weighted by molar-refractivity contribution is 6.30. The van der Waals surface area contributed by atoms with Gasteiger partial charge >= 0.3 is 0 Å². The molecule has 0 unspecified atom stereocenters. The first-order chi connectivity index (χ1) is 14.6. The number of pyridine rings is 1. The van der Waals surface area contributed by atoms with Crippen LogP contribution in [0.2, 0.25) is 5.02 Å². The van der Waals surface area contributed by atoms with Gasteiger partial charge in [0.25, 0.3) is 0 Å². The van der Waals surface area contributed by atoms with Crippen LogP contribution in [0.15, 0.2) is 79.0 Å². The van der Waals surface area contributed by atoms with E-state index < -0.39 is 5.91 Å². The van der Waals surface area contributed by atoms with E-state index in [1.54, 1.807) is 12.3 Å². The smallest absolute Gasteiger partial charge is 0.249 e. The molecule has 0 aliphatic rings. The van der Waals surface area contributed by atoms with Crippen LogP contribution in [0.25, 0.3) is 32.9 Å². The highest BCUT2D eigenvalue weighted by atomic mass is 35.5. The second-order valence-electron chi connectivity index (χ2n) is 7.13. The van der Waals surface area contributed by atoms with Crippen LogP contribution in [0.3, 0.4) is 0 Å². The standard InChI is InChI=1S/C25H17ClN3O/c26-18-10-7-16(8-11-18)17-9-12-20-23(14-17)29(15-19-4-1-2-13-28-19)22-6-3-5-21(24(20)22)25(27)30/h1-11,13-14H,15H2,(H2,27,30). The summed E-state index contributed by atoms with van der Waals surface area (Å²) < 4.78 is 2.16. The van der Waals surface area contributed by atoms with Crippen molar-refractivity contribution in [3.05, 3.63) is 101 Å². The number of carbonyl (C=O) groups excluding carboxylic acids is 1. The molecule has 145 valence electrons. The predicted molar refractivity (Wildman–Crippen MR) is 121 cm³/mol. The molecule has 0 aliphatic carbocycles. The number of hydrogen-bond acceptors (Lipinski definition) is 2. The Hall–Kier alpha value is -3.63. The Morgan fingerprint density at radius 2 is 1.83 bits per heavy atom. The van der Waals surface area contributed by atoms with Gasteiger partial charge in [-0.15, -0.1) is 0 Å². The van der Waals surface area contributed by atoms with Gasteiger partial charge in [-0.25, -0.2) is 0 Å². The quantitative estimate of drug-likeness (QED) is 0.427. The number of amides is 1. The number of nitrogens with two attached hydrogens (primary N) is 1. The van der Waals surface area contributed by atoms with Crippen LogP contribution in [-0.2, 0) is 6.54 Å². The van der Waals surface area contributed by atoms with Gasteiger partial charge in [-0.05, 0) is 65.7 Å². The molecule has 5 rings (SSSR count). The normalized spacial score (nSPS) is 11.2. The van der Waals surface area contributed by atoms with Gasteiger partial charge in [-0.1, -0.05) is 35.9 Å². The number of fused-ring (bicyclic) bond motifs is 3. The SMILES string of the molecule is NC(=O)c1cccc2c1c1[c]cc(-c3ccc(Cl)cc3)cc1n2Cc1ccccn1. The number of hydrogen-bond donors (Lipinski definition) is 1. The Balaban J connectivity index is 1.80. The van der Waals surface area contributed by atoms with Crippen LogP contribution in [-0.4, -0.2) is 15.5 Å². The van der Waals surface area contributed by atoms with E-state index in [0.717, 1.165) is 38.6 Å². The van der Waals surface area contributed by atoms with Crippen LogP contribution in [0.1, 0.15) is 16.1 Å². The number of halogens is 1. The van der Waals surface area contributed by atoms with E-state index >= 15 is 0 Å². The molecule has 1 amide bonds. The van der Waals surface area contributed by atoms with Crippen molar-refractivity contribution in [2.24, 2.45) is 5.73 Å². The third-order valence-corrected chi connectivity index (χ3v) is 5.54. The van der Waals surface area contributed by atoms with Crippen molar-refractivity contribution in [2.45, 2.75) is 6.54 Å². The molecule has 4 nitrogen and oxygen atoms in total. The van der Waals surface area contributed by atoms with Crippen LogP contribution in [0.5, 0.6) is 0 Å². The molecule has 0 spiro atoms. The number of aromatic nitrogens is 2. The zero-order valence-electron chi connectivity index (χ0n) is 16.0. The summed E-state index contributed by atoms with van der Waals surface area (Å²) in [5.74, 6) is -0.451. The highest BCUT2D eigenvalue weighted by Crippen LogP contribution is 2.34. The maximum Gasteiger partial charge on any atom is 0.249 e. The van der Waals surface area contributed by atoms with E-state index in [2.05, 4.69) is 21.7 Å². The van der Waals surface area contributed by atoms with Crippen molar-refractivity contribution in [3.8, 4) is 11.1 Å². The van der Waals surface area contributed by atoms with Crippen LogP contribution in [0, 0.1) is 6.07 Å². The number of benzene rings is 3. The second kappa shape index (κ2) is 7.32. The van der Waals surface area contributed by atoms with Crippen molar-refractivity contribution in [3.63, 3.8) is 0 Å². The minimum Gasteiger partial charge on any atom is -0.366 e. The summed E-state index contributed by atoms with van der Waals surface area (Å²) in [7, 11) is 0. The fraction of sp³-hybridized carbons (Fsp3) is 0.0400. The zero-order valence-corrected chi connectivity index (χ0v) is 16.7. The maximum atomic E-state index is 12.1. The summed E-state index contributed by atoms with van der Waals surface area (Å²) in [5.41, 5.74) is 11.1. The molecular formula is C25H17ClN3O. The van der Waals surface area contributed by atoms with Crippen molar-refractivity contribution in [1.82, 2.24) is 9.55 Å². The third-order valence-electron chi connectivity index (χ3n) is 5.28. The number of primary amides is 1. The molecule has 5 heteroatoms. The minimum atomic E-state index is -0.451. The largest absolute Gasteiger partial charge is 0.366 e. The van der Waals surface area contributed by atoms with E-state index in [0.29, 0.717) is 17.1 Å². The lowest BCUT2D eigenvalue weighted by molar-refractivity contribution is 0.100. The lowest BCUT2D eigenvalue weighted by atomic mass is 10.0. The molecule has 0 fully saturated rings. The number of rotatable bonds is 4. The average Bonchev–Trinajstić information content (AvgIpc) is 3.08. The van der Waals surface area contributed by atoms with Gasteiger partial charge in [0, 0.05) is 27.6 Å². The van der Waals surface area contributed by atoms with Crippen LogP contribution >= 0.6 is 11.6 Å². The van der Waals surface area contributed by atoms with Crippen molar-refractivity contribution in [2.75, 3.05) is 0 Å².